The van der Waals surface area contributed by atoms with Gasteiger partial charge in [0.1, 0.15) is 6.04 Å². The molecule has 0 aromatic heterocycles. The van der Waals surface area contributed by atoms with Gasteiger partial charge in [-0.3, -0.25) is 4.79 Å². The molecule has 3 nitrogen and oxygen atoms in total. The second-order valence-corrected chi connectivity index (χ2v) is 2.16. The summed E-state index contributed by atoms with van der Waals surface area (Å²) in [4.78, 5) is 9.93. The Morgan fingerprint density at radius 3 is 2.62 bits per heavy atom. The lowest BCUT2D eigenvalue weighted by atomic mass is 10.4. The van der Waals surface area contributed by atoms with E-state index in [1.807, 2.05) is 0 Å². The van der Waals surface area contributed by atoms with Crippen LogP contribution in [0.25, 0.3) is 0 Å². The third-order valence-electron chi connectivity index (χ3n) is 0.643. The third kappa shape index (κ3) is 2.76. The van der Waals surface area contributed by atoms with Crippen LogP contribution in [0.1, 0.15) is 0 Å². The van der Waals surface area contributed by atoms with E-state index in [0.717, 1.165) is 11.4 Å². The van der Waals surface area contributed by atoms with Gasteiger partial charge in [0.05, 0.1) is 0 Å². The van der Waals surface area contributed by atoms with Gasteiger partial charge in [-0.05, 0) is 0 Å². The maximum atomic E-state index is 9.93. The van der Waals surface area contributed by atoms with Crippen LogP contribution in [0.2, 0.25) is 0 Å². The molecule has 0 aromatic carbocycles. The molecule has 0 aliphatic heterocycles. The highest BCUT2D eigenvalue weighted by atomic mass is 32.1. The Morgan fingerprint density at radius 2 is 2.50 bits per heavy atom. The van der Waals surface area contributed by atoms with Crippen molar-refractivity contribution >= 4 is 23.2 Å². The standard InChI is InChI=1S/C4H9NO2S/c1-8-2-3(5)4(6)7/h3,8H,1-2,5H2,(H,6,7)/t3-/m0/s1. The van der Waals surface area contributed by atoms with E-state index in [2.05, 4.69) is 5.87 Å². The summed E-state index contributed by atoms with van der Waals surface area (Å²) in [5.41, 5.74) is 5.08. The number of nitrogens with two attached hydrogens (primary N) is 1. The van der Waals surface area contributed by atoms with Gasteiger partial charge in [-0.1, -0.05) is 5.87 Å². The van der Waals surface area contributed by atoms with Crippen LogP contribution in [0, 0.1) is 0 Å². The molecule has 0 bridgehead atoms. The Bertz CT molecular complexity index is 104. The van der Waals surface area contributed by atoms with Gasteiger partial charge < -0.3 is 10.8 Å². The van der Waals surface area contributed by atoms with Gasteiger partial charge in [-0.15, -0.1) is 0 Å². The second-order valence-electron chi connectivity index (χ2n) is 1.35. The molecule has 1 atom stereocenters. The molecule has 8 heavy (non-hydrogen) atoms. The van der Waals surface area contributed by atoms with Crippen molar-refractivity contribution in [2.75, 3.05) is 5.75 Å². The molecular weight excluding hydrogens is 126 g/mol. The smallest absolute Gasteiger partial charge is 0.321 e. The lowest BCUT2D eigenvalue weighted by Gasteiger charge is -1.98. The molecule has 0 aliphatic carbocycles. The largest absolute Gasteiger partial charge is 0.480 e. The normalized spacial score (nSPS) is 13.1. The molecule has 0 spiro atoms. The molecule has 0 radical (unpaired) electrons. The predicted molar refractivity (Wildman–Crippen MR) is 36.6 cm³/mol. The number of carbonyl (C=O) groups is 1. The van der Waals surface area contributed by atoms with Crippen LogP contribution in [0.4, 0.5) is 0 Å². The number of hydrogen-bond acceptors (Lipinski definition) is 2. The first-order valence-electron chi connectivity index (χ1n) is 2.09. The Labute approximate surface area is 51.5 Å². The molecule has 3 N–H and O–H groups in total. The highest BCUT2D eigenvalue weighted by Crippen LogP contribution is 1.85. The fraction of sp³-hybridized carbons (Fsp3) is 0.500. The minimum atomic E-state index is -0.957. The van der Waals surface area contributed by atoms with E-state index in [0.29, 0.717) is 5.75 Å². The zero-order chi connectivity index (χ0) is 6.57. The summed E-state index contributed by atoms with van der Waals surface area (Å²) in [6.07, 6.45) is 0. The molecule has 0 rings (SSSR count). The zero-order valence-corrected chi connectivity index (χ0v) is 5.27. The van der Waals surface area contributed by atoms with Gasteiger partial charge in [0.2, 0.25) is 0 Å². The van der Waals surface area contributed by atoms with Crippen molar-refractivity contribution in [1.82, 2.24) is 0 Å². The topological polar surface area (TPSA) is 63.3 Å². The number of aliphatic carboxylic acids is 1. The SMILES string of the molecule is C=[SH]C[C@H](N)C(=O)O. The lowest BCUT2D eigenvalue weighted by molar-refractivity contribution is -0.137. The van der Waals surface area contributed by atoms with Crippen molar-refractivity contribution in [3.63, 3.8) is 0 Å². The number of thiol groups is 1. The molecule has 0 amide bonds. The summed E-state index contributed by atoms with van der Waals surface area (Å²) >= 11 is 0.779. The van der Waals surface area contributed by atoms with Crippen molar-refractivity contribution in [3.05, 3.63) is 0 Å². The van der Waals surface area contributed by atoms with E-state index >= 15 is 0 Å². The number of rotatable bonds is 3. The predicted octanol–water partition coefficient (Wildman–Crippen LogP) is -0.704. The molecule has 0 fully saturated rings. The van der Waals surface area contributed by atoms with Gasteiger partial charge in [0, 0.05) is 5.75 Å². The number of hydrogen-bond donors (Lipinski definition) is 3. The second kappa shape index (κ2) is 3.63. The third-order valence-corrected chi connectivity index (χ3v) is 1.29. The molecule has 0 aliphatic rings. The van der Waals surface area contributed by atoms with Crippen LogP contribution in [-0.4, -0.2) is 28.7 Å². The van der Waals surface area contributed by atoms with Crippen LogP contribution in [0.5, 0.6) is 0 Å². The Hall–Kier alpha value is -0.350. The first kappa shape index (κ1) is 7.65. The van der Waals surface area contributed by atoms with Crippen LogP contribution in [-0.2, 0) is 4.79 Å². The molecule has 0 saturated heterocycles. The first-order chi connectivity index (χ1) is 3.68. The van der Waals surface area contributed by atoms with Gasteiger partial charge in [0.25, 0.3) is 0 Å². The summed E-state index contributed by atoms with van der Waals surface area (Å²) < 4.78 is 0. The van der Waals surface area contributed by atoms with Crippen LogP contribution < -0.4 is 5.73 Å². The van der Waals surface area contributed by atoms with E-state index in [9.17, 15) is 4.79 Å². The van der Waals surface area contributed by atoms with Gasteiger partial charge >= 0.3 is 5.97 Å². The van der Waals surface area contributed by atoms with E-state index < -0.39 is 12.0 Å². The summed E-state index contributed by atoms with van der Waals surface area (Å²) in [5, 5.41) is 8.16. The van der Waals surface area contributed by atoms with Crippen molar-refractivity contribution in [3.8, 4) is 0 Å². The Morgan fingerprint density at radius 1 is 2.00 bits per heavy atom. The van der Waals surface area contributed by atoms with Crippen molar-refractivity contribution in [2.24, 2.45) is 5.73 Å². The first-order valence-corrected chi connectivity index (χ1v) is 3.36. The fourth-order valence-electron chi connectivity index (χ4n) is 0.217. The van der Waals surface area contributed by atoms with Crippen molar-refractivity contribution in [1.29, 1.82) is 0 Å². The van der Waals surface area contributed by atoms with E-state index in [-0.39, 0.29) is 0 Å². The summed E-state index contributed by atoms with van der Waals surface area (Å²) in [7, 11) is 0. The number of carboxylic acids is 1. The zero-order valence-electron chi connectivity index (χ0n) is 4.37. The van der Waals surface area contributed by atoms with Gasteiger partial charge in [-0.2, -0.15) is 0 Å². The molecule has 4 heteroatoms. The highest BCUT2D eigenvalue weighted by Gasteiger charge is 2.06. The van der Waals surface area contributed by atoms with Crippen LogP contribution in [0.3, 0.4) is 0 Å². The summed E-state index contributed by atoms with van der Waals surface area (Å²) in [6.45, 7) is 0. The quantitative estimate of drug-likeness (QED) is 0.354. The minimum absolute atomic E-state index is 0.426. The van der Waals surface area contributed by atoms with Crippen molar-refractivity contribution in [2.45, 2.75) is 6.04 Å². The summed E-state index contributed by atoms with van der Waals surface area (Å²) in [5.74, 6) is 2.91. The highest BCUT2D eigenvalue weighted by molar-refractivity contribution is 7.96. The van der Waals surface area contributed by atoms with E-state index in [1.165, 1.54) is 0 Å². The maximum Gasteiger partial charge on any atom is 0.321 e. The molecule has 0 heterocycles. The van der Waals surface area contributed by atoms with E-state index in [4.69, 9.17) is 10.8 Å². The van der Waals surface area contributed by atoms with Crippen LogP contribution in [0.15, 0.2) is 0 Å². The maximum absolute atomic E-state index is 9.93. The number of carboxylic acid groups (broad SMARTS) is 1. The molecule has 0 unspecified atom stereocenters. The molecule has 0 aromatic rings. The van der Waals surface area contributed by atoms with Crippen molar-refractivity contribution < 1.29 is 9.90 Å². The van der Waals surface area contributed by atoms with Crippen LogP contribution >= 0.6 is 11.4 Å². The van der Waals surface area contributed by atoms with E-state index in [1.54, 1.807) is 0 Å². The lowest BCUT2D eigenvalue weighted by Crippen LogP contribution is -2.31. The summed E-state index contributed by atoms with van der Waals surface area (Å²) in [6, 6.07) is -0.742. The minimum Gasteiger partial charge on any atom is -0.480 e. The monoisotopic (exact) mass is 135 g/mol. The Balaban J connectivity index is 3.46. The van der Waals surface area contributed by atoms with Gasteiger partial charge in [0.15, 0.2) is 0 Å². The fourth-order valence-corrected chi connectivity index (χ4v) is 0.652. The molecule has 48 valence electrons. The molecular formula is C4H9NO2S. The molecule has 0 saturated carbocycles. The average molecular weight is 135 g/mol. The van der Waals surface area contributed by atoms with Gasteiger partial charge in [-0.25, -0.2) is 11.4 Å². The average Bonchev–Trinajstić information content (AvgIpc) is 1.67. The Kier molecular flexibility index (Phi) is 3.47.